The second-order valence-electron chi connectivity index (χ2n) is 7.96. The van der Waals surface area contributed by atoms with Crippen LogP contribution in [0.5, 0.6) is 0 Å². The number of anilines is 2. The molecule has 18 heteroatoms. The zero-order valence-corrected chi connectivity index (χ0v) is 21.0. The van der Waals surface area contributed by atoms with Crippen LogP contribution < -0.4 is 10.4 Å². The number of aromatic nitrogens is 1. The Labute approximate surface area is 229 Å². The number of benzene rings is 2. The summed E-state index contributed by atoms with van der Waals surface area (Å²) in [5.74, 6) is -5.61. The second-order valence-corrected chi connectivity index (χ2v) is 8.81. The van der Waals surface area contributed by atoms with Crippen molar-refractivity contribution in [3.63, 3.8) is 0 Å². The first-order valence-electron chi connectivity index (χ1n) is 10.5. The Morgan fingerprint density at radius 2 is 1.56 bits per heavy atom. The van der Waals surface area contributed by atoms with Gasteiger partial charge in [0.05, 0.1) is 16.8 Å². The number of rotatable bonds is 6. The van der Waals surface area contributed by atoms with E-state index in [0.29, 0.717) is 6.20 Å². The number of alkyl halides is 9. The molecule has 0 fully saturated rings. The minimum absolute atomic E-state index is 0.139. The van der Waals surface area contributed by atoms with Gasteiger partial charge in [-0.25, -0.2) is 22.5 Å². The van der Waals surface area contributed by atoms with Crippen molar-refractivity contribution in [1.29, 1.82) is 0 Å². The van der Waals surface area contributed by atoms with E-state index in [-0.39, 0.29) is 11.1 Å². The number of halogens is 12. The summed E-state index contributed by atoms with van der Waals surface area (Å²) >= 11 is 2.43. The Morgan fingerprint density at radius 1 is 0.951 bits per heavy atom. The molecular formula is C23H11BrF11N3O3. The number of carbonyl (C=O) groups excluding carboxylic acids is 2. The van der Waals surface area contributed by atoms with E-state index in [1.807, 2.05) is 0 Å². The number of pyridine rings is 1. The van der Waals surface area contributed by atoms with E-state index in [2.05, 4.69) is 20.9 Å². The van der Waals surface area contributed by atoms with Gasteiger partial charge >= 0.3 is 18.0 Å². The Kier molecular flexibility index (Phi) is 8.69. The fraction of sp³-hybridized carbons (Fsp3) is 0.174. The van der Waals surface area contributed by atoms with Gasteiger partial charge in [-0.1, -0.05) is 6.07 Å². The van der Waals surface area contributed by atoms with Gasteiger partial charge in [0.2, 0.25) is 5.95 Å². The molecule has 0 unspecified atom stereocenters. The van der Waals surface area contributed by atoms with E-state index in [1.54, 1.807) is 5.32 Å². The van der Waals surface area contributed by atoms with Gasteiger partial charge in [0.25, 0.3) is 18.2 Å². The summed E-state index contributed by atoms with van der Waals surface area (Å²) in [6.07, 6.45) is -16.4. The van der Waals surface area contributed by atoms with Gasteiger partial charge in [0.15, 0.2) is 5.82 Å². The van der Waals surface area contributed by atoms with E-state index in [1.165, 1.54) is 0 Å². The van der Waals surface area contributed by atoms with Crippen LogP contribution >= 0.6 is 15.9 Å². The maximum Gasteiger partial charge on any atom is 0.435 e. The zero-order valence-electron chi connectivity index (χ0n) is 19.4. The highest BCUT2D eigenvalue weighted by molar-refractivity contribution is 9.10. The minimum Gasteiger partial charge on any atom is -0.320 e. The molecule has 2 amide bonds. The molecule has 3 aromatic rings. The molecule has 0 aliphatic rings. The Hall–Kier alpha value is -3.80. The number of amides is 2. The highest BCUT2D eigenvalue weighted by atomic mass is 79.9. The maximum atomic E-state index is 15.1. The van der Waals surface area contributed by atoms with Crippen LogP contribution in [0.1, 0.15) is 38.3 Å². The fourth-order valence-electron chi connectivity index (χ4n) is 3.39. The van der Waals surface area contributed by atoms with Gasteiger partial charge < -0.3 is 5.32 Å². The molecule has 41 heavy (non-hydrogen) atoms. The van der Waals surface area contributed by atoms with Crippen molar-refractivity contribution < 1.29 is 63.1 Å². The third kappa shape index (κ3) is 5.97. The van der Waals surface area contributed by atoms with Crippen molar-refractivity contribution >= 4 is 39.1 Å². The van der Waals surface area contributed by atoms with Crippen molar-refractivity contribution in [2.45, 2.75) is 24.4 Å². The lowest BCUT2D eigenvalue weighted by molar-refractivity contribution is -0.348. The monoisotopic (exact) mass is 665 g/mol. The topological polar surface area (TPSA) is 82.5 Å². The molecule has 0 spiro atoms. The molecular weight excluding hydrogens is 655 g/mol. The maximum absolute atomic E-state index is 15.1. The minimum atomic E-state index is -6.63. The smallest absolute Gasteiger partial charge is 0.320 e. The molecule has 3 rings (SSSR count). The molecule has 0 aliphatic carbocycles. The third-order valence-corrected chi connectivity index (χ3v) is 6.02. The van der Waals surface area contributed by atoms with Gasteiger partial charge in [-0.3, -0.25) is 14.8 Å². The number of nitrogens with one attached hydrogen (secondary N) is 1. The van der Waals surface area contributed by atoms with Gasteiger partial charge in [-0.2, -0.15) is 35.8 Å². The first-order valence-corrected chi connectivity index (χ1v) is 11.3. The van der Waals surface area contributed by atoms with Crippen LogP contribution in [0.15, 0.2) is 53.1 Å². The lowest BCUT2D eigenvalue weighted by Crippen LogP contribution is -2.50. The third-order valence-electron chi connectivity index (χ3n) is 5.39. The number of hydrogen-bond acceptors (Lipinski definition) is 4. The molecule has 220 valence electrons. The molecule has 0 saturated carbocycles. The average molecular weight is 666 g/mol. The first kappa shape index (κ1) is 31.7. The lowest BCUT2D eigenvalue weighted by atomic mass is 9.92. The van der Waals surface area contributed by atoms with Crippen molar-refractivity contribution in [3.05, 3.63) is 87.2 Å². The molecule has 2 aromatic carbocycles. The summed E-state index contributed by atoms with van der Waals surface area (Å²) in [5.41, 5.74) is -13.7. The predicted molar refractivity (Wildman–Crippen MR) is 121 cm³/mol. The standard InChI is InChI=1S/C23H11BrF11N3O3/c24-13-7-10(21(29,22(30,31)32)23(33,34)35)6-12(18(27)28)17(13)37-19(39)11-2-1-3-14(16(11)26)38(41)20(40)9-4-5-15(25)36-8-9/h1-8,18,41H,(H,37,39). The van der Waals surface area contributed by atoms with Crippen molar-refractivity contribution in [2.75, 3.05) is 10.4 Å². The molecule has 2 N–H and O–H groups in total. The summed E-state index contributed by atoms with van der Waals surface area (Å²) in [5, 5.41) is 11.5. The zero-order chi connectivity index (χ0) is 31.1. The van der Waals surface area contributed by atoms with Gasteiger partial charge in [0, 0.05) is 21.8 Å². The Balaban J connectivity index is 2.03. The summed E-state index contributed by atoms with van der Waals surface area (Å²) < 4.78 is 148. The van der Waals surface area contributed by atoms with Crippen molar-refractivity contribution in [3.8, 4) is 0 Å². The Bertz CT molecular complexity index is 1460. The average Bonchev–Trinajstić information content (AvgIpc) is 2.87. The van der Waals surface area contributed by atoms with E-state index >= 15 is 4.39 Å². The second kappa shape index (κ2) is 11.2. The van der Waals surface area contributed by atoms with Gasteiger partial charge in [-0.05, 0) is 52.3 Å². The SMILES string of the molecule is O=C(Nc1c(Br)cc(C(F)(C(F)(F)F)C(F)(F)F)cc1C(F)F)c1cccc(N(O)C(=O)c2ccc(F)nc2)c1F. The molecule has 0 bridgehead atoms. The van der Waals surface area contributed by atoms with Gasteiger partial charge in [-0.15, -0.1) is 0 Å². The number of carbonyl (C=O) groups is 2. The number of hydrogen-bond donors (Lipinski definition) is 2. The molecule has 1 heterocycles. The van der Waals surface area contributed by atoms with E-state index in [4.69, 9.17) is 0 Å². The summed E-state index contributed by atoms with van der Waals surface area (Å²) in [4.78, 5) is 28.3. The summed E-state index contributed by atoms with van der Waals surface area (Å²) in [6, 6.07) is 3.43. The van der Waals surface area contributed by atoms with E-state index in [9.17, 15) is 58.7 Å². The van der Waals surface area contributed by atoms with Crippen LogP contribution in [0, 0.1) is 11.8 Å². The molecule has 0 radical (unpaired) electrons. The highest BCUT2D eigenvalue weighted by Crippen LogP contribution is 2.54. The molecule has 0 atom stereocenters. The lowest BCUT2D eigenvalue weighted by Gasteiger charge is -2.31. The van der Waals surface area contributed by atoms with Crippen LogP contribution in [-0.2, 0) is 5.67 Å². The molecule has 0 aliphatic heterocycles. The molecule has 0 saturated heterocycles. The van der Waals surface area contributed by atoms with E-state index in [0.717, 1.165) is 30.3 Å². The number of nitrogens with zero attached hydrogens (tertiary/aromatic N) is 2. The highest BCUT2D eigenvalue weighted by Gasteiger charge is 2.73. The summed E-state index contributed by atoms with van der Waals surface area (Å²) in [7, 11) is 0. The van der Waals surface area contributed by atoms with Crippen LogP contribution in [-0.4, -0.2) is 34.4 Å². The quantitative estimate of drug-likeness (QED) is 0.123. The van der Waals surface area contributed by atoms with Crippen LogP contribution in [0.2, 0.25) is 0 Å². The van der Waals surface area contributed by atoms with Crippen LogP contribution in [0.4, 0.5) is 59.7 Å². The Morgan fingerprint density at radius 3 is 2.07 bits per heavy atom. The first-order chi connectivity index (χ1) is 18.8. The number of hydroxylamine groups is 1. The van der Waals surface area contributed by atoms with Crippen molar-refractivity contribution in [2.24, 2.45) is 0 Å². The normalized spacial score (nSPS) is 12.4. The van der Waals surface area contributed by atoms with E-state index < -0.39 is 92.2 Å². The van der Waals surface area contributed by atoms with Gasteiger partial charge in [0.1, 0.15) is 5.69 Å². The predicted octanol–water partition coefficient (Wildman–Crippen LogP) is 7.64. The van der Waals surface area contributed by atoms with Crippen molar-refractivity contribution in [1.82, 2.24) is 4.98 Å². The molecule has 1 aromatic heterocycles. The fourth-order valence-corrected chi connectivity index (χ4v) is 3.97. The summed E-state index contributed by atoms with van der Waals surface area (Å²) in [6.45, 7) is 0. The van der Waals surface area contributed by atoms with Crippen LogP contribution in [0.3, 0.4) is 0 Å². The largest absolute Gasteiger partial charge is 0.435 e. The van der Waals surface area contributed by atoms with Crippen LogP contribution in [0.25, 0.3) is 0 Å². The molecule has 6 nitrogen and oxygen atoms in total.